The van der Waals surface area contributed by atoms with E-state index in [1.54, 1.807) is 20.8 Å². The molecule has 44 heavy (non-hydrogen) atoms. The molecule has 0 unspecified atom stereocenters. The molecule has 0 aromatic heterocycles. The van der Waals surface area contributed by atoms with Gasteiger partial charge in [-0.15, -0.1) is 0 Å². The molecule has 6 nitrogen and oxygen atoms in total. The third-order valence-electron chi connectivity index (χ3n) is 7.58. The molecule has 1 aromatic carbocycles. The van der Waals surface area contributed by atoms with Crippen LogP contribution in [0.5, 0.6) is 11.5 Å². The molecule has 0 saturated carbocycles. The van der Waals surface area contributed by atoms with Crippen molar-refractivity contribution in [2.24, 2.45) is 0 Å². The first-order valence-corrected chi connectivity index (χ1v) is 18.0. The number of hydrogen-bond acceptors (Lipinski definition) is 6. The second-order valence-corrected chi connectivity index (χ2v) is 13.3. The van der Waals surface area contributed by atoms with Crippen LogP contribution in [0, 0.1) is 0 Å². The van der Waals surface area contributed by atoms with Gasteiger partial charge in [0.2, 0.25) is 0 Å². The highest BCUT2D eigenvalue weighted by atomic mass is 16.6. The molecule has 6 heteroatoms. The average Bonchev–Trinajstić information content (AvgIpc) is 2.96. The van der Waals surface area contributed by atoms with Crippen LogP contribution in [0.25, 0.3) is 0 Å². The summed E-state index contributed by atoms with van der Waals surface area (Å²) in [7, 11) is 0. The van der Waals surface area contributed by atoms with Gasteiger partial charge in [-0.3, -0.25) is 9.59 Å². The van der Waals surface area contributed by atoms with Crippen molar-refractivity contribution in [1.82, 2.24) is 0 Å². The predicted molar refractivity (Wildman–Crippen MR) is 181 cm³/mol. The Morgan fingerprint density at radius 2 is 0.932 bits per heavy atom. The van der Waals surface area contributed by atoms with Crippen LogP contribution in [0.1, 0.15) is 175 Å². The van der Waals surface area contributed by atoms with Gasteiger partial charge in [0, 0.05) is 6.07 Å². The molecule has 1 aromatic rings. The first kappa shape index (κ1) is 39.8. The zero-order valence-electron chi connectivity index (χ0n) is 29.2. The van der Waals surface area contributed by atoms with Gasteiger partial charge < -0.3 is 18.9 Å². The fraction of sp³-hybridized carbons (Fsp3) is 0.789. The van der Waals surface area contributed by atoms with Gasteiger partial charge in [-0.25, -0.2) is 0 Å². The maximum absolute atomic E-state index is 12.3. The van der Waals surface area contributed by atoms with Gasteiger partial charge in [0.25, 0.3) is 0 Å². The topological polar surface area (TPSA) is 71.1 Å². The number of hydrogen-bond donors (Lipinski definition) is 0. The zero-order chi connectivity index (χ0) is 32.3. The highest BCUT2D eigenvalue weighted by Gasteiger charge is 2.20. The summed E-state index contributed by atoms with van der Waals surface area (Å²) in [6.07, 6.45) is 25.2. The average molecular weight is 619 g/mol. The van der Waals surface area contributed by atoms with E-state index < -0.39 is 24.0 Å². The lowest BCUT2D eigenvalue weighted by Gasteiger charge is -2.19. The minimum Gasteiger partial charge on any atom is -0.493 e. The molecular weight excluding hydrogens is 552 g/mol. The molecule has 0 atom stereocenters. The summed E-state index contributed by atoms with van der Waals surface area (Å²) in [5.74, 6) is 0.250. The highest BCUT2D eigenvalue weighted by molar-refractivity contribution is 5.91. The van der Waals surface area contributed by atoms with Crippen LogP contribution in [0.2, 0.25) is 0 Å². The standard InChI is InChI=1S/C38H66O6/c1-6-8-10-12-14-16-18-20-22-24-26-41-34-28-33(32-43-36(39)31-37(40)44-38(3,4)5)29-35(30-34)42-27-25-23-21-19-17-15-13-11-9-7-2/h28-30H,6-27,31-32H2,1-5H3. The Hall–Kier alpha value is -2.24. The lowest BCUT2D eigenvalue weighted by Crippen LogP contribution is -2.25. The Morgan fingerprint density at radius 1 is 0.545 bits per heavy atom. The van der Waals surface area contributed by atoms with Crippen molar-refractivity contribution in [3.63, 3.8) is 0 Å². The van der Waals surface area contributed by atoms with Crippen molar-refractivity contribution in [1.29, 1.82) is 0 Å². The Morgan fingerprint density at radius 3 is 1.32 bits per heavy atom. The van der Waals surface area contributed by atoms with E-state index in [-0.39, 0.29) is 6.61 Å². The molecule has 1 rings (SSSR count). The Balaban J connectivity index is 2.49. The number of unbranched alkanes of at least 4 members (excludes halogenated alkanes) is 18. The Bertz CT molecular complexity index is 815. The number of ether oxygens (including phenoxy) is 4. The van der Waals surface area contributed by atoms with Gasteiger partial charge in [-0.05, 0) is 51.3 Å². The van der Waals surface area contributed by atoms with Crippen LogP contribution >= 0.6 is 0 Å². The molecule has 0 radical (unpaired) electrons. The number of rotatable bonds is 28. The monoisotopic (exact) mass is 618 g/mol. The molecule has 0 N–H and O–H groups in total. The van der Waals surface area contributed by atoms with Gasteiger partial charge in [0.1, 0.15) is 30.1 Å². The van der Waals surface area contributed by atoms with Crippen LogP contribution < -0.4 is 9.47 Å². The van der Waals surface area contributed by atoms with Gasteiger partial charge in [-0.2, -0.15) is 0 Å². The molecule has 0 aliphatic heterocycles. The van der Waals surface area contributed by atoms with E-state index >= 15 is 0 Å². The van der Waals surface area contributed by atoms with Crippen LogP contribution in [0.15, 0.2) is 18.2 Å². The second-order valence-electron chi connectivity index (χ2n) is 13.3. The van der Waals surface area contributed by atoms with Crippen molar-refractivity contribution in [3.05, 3.63) is 23.8 Å². The first-order valence-electron chi connectivity index (χ1n) is 18.0. The molecule has 0 saturated heterocycles. The SMILES string of the molecule is CCCCCCCCCCCCOc1cc(COC(=O)CC(=O)OC(C)(C)C)cc(OCCCCCCCCCCCC)c1. The molecule has 254 valence electrons. The molecular formula is C38H66O6. The quantitative estimate of drug-likeness (QED) is 0.0528. The van der Waals surface area contributed by atoms with E-state index in [0.29, 0.717) is 13.2 Å². The Kier molecular flexibility index (Phi) is 23.5. The summed E-state index contributed by atoms with van der Waals surface area (Å²) >= 11 is 0. The van der Waals surface area contributed by atoms with Crippen LogP contribution in [0.4, 0.5) is 0 Å². The predicted octanol–water partition coefficient (Wildman–Crippen LogP) is 11.1. The van der Waals surface area contributed by atoms with Gasteiger partial charge in [-0.1, -0.05) is 129 Å². The number of carbonyl (C=O) groups excluding carboxylic acids is 2. The lowest BCUT2D eigenvalue weighted by molar-refractivity contribution is -0.162. The van der Waals surface area contributed by atoms with Crippen LogP contribution in [-0.2, 0) is 25.7 Å². The van der Waals surface area contributed by atoms with Crippen molar-refractivity contribution < 1.29 is 28.5 Å². The van der Waals surface area contributed by atoms with E-state index in [2.05, 4.69) is 13.8 Å². The summed E-state index contributed by atoms with van der Waals surface area (Å²) in [5.41, 5.74) is 0.138. The van der Waals surface area contributed by atoms with Crippen molar-refractivity contribution >= 4 is 11.9 Å². The van der Waals surface area contributed by atoms with Gasteiger partial charge in [0.15, 0.2) is 0 Å². The summed E-state index contributed by atoms with van der Waals surface area (Å²) < 4.78 is 22.8. The van der Waals surface area contributed by atoms with Crippen LogP contribution in [0.3, 0.4) is 0 Å². The van der Waals surface area contributed by atoms with Crippen LogP contribution in [-0.4, -0.2) is 30.8 Å². The molecule has 0 spiro atoms. The normalized spacial score (nSPS) is 11.4. The van der Waals surface area contributed by atoms with E-state index in [9.17, 15) is 9.59 Å². The highest BCUT2D eigenvalue weighted by Crippen LogP contribution is 2.25. The summed E-state index contributed by atoms with van der Waals surface area (Å²) in [6, 6.07) is 5.72. The number of esters is 2. The lowest BCUT2D eigenvalue weighted by atomic mass is 10.1. The minimum atomic E-state index is -0.641. The first-order chi connectivity index (χ1) is 21.2. The number of benzene rings is 1. The Labute approximate surface area is 270 Å². The maximum Gasteiger partial charge on any atom is 0.317 e. The maximum atomic E-state index is 12.3. The van der Waals surface area contributed by atoms with Crippen molar-refractivity contribution in [2.75, 3.05) is 13.2 Å². The van der Waals surface area contributed by atoms with Crippen molar-refractivity contribution in [2.45, 2.75) is 182 Å². The molecule has 0 aliphatic rings. The van der Waals surface area contributed by atoms with Gasteiger partial charge >= 0.3 is 11.9 Å². The van der Waals surface area contributed by atoms with Gasteiger partial charge in [0.05, 0.1) is 13.2 Å². The minimum absolute atomic E-state index is 0.0473. The van der Waals surface area contributed by atoms with Crippen molar-refractivity contribution in [3.8, 4) is 11.5 Å². The third-order valence-corrected chi connectivity index (χ3v) is 7.58. The molecule has 0 fully saturated rings. The third kappa shape index (κ3) is 24.1. The second kappa shape index (κ2) is 26.0. The summed E-state index contributed by atoms with van der Waals surface area (Å²) in [4.78, 5) is 24.3. The summed E-state index contributed by atoms with van der Waals surface area (Å²) in [5, 5.41) is 0. The molecule has 0 amide bonds. The van der Waals surface area contributed by atoms with E-state index in [4.69, 9.17) is 18.9 Å². The largest absolute Gasteiger partial charge is 0.493 e. The summed E-state index contributed by atoms with van der Waals surface area (Å²) in [6.45, 7) is 11.2. The molecule has 0 aliphatic carbocycles. The fourth-order valence-electron chi connectivity index (χ4n) is 5.15. The molecule has 0 bridgehead atoms. The smallest absolute Gasteiger partial charge is 0.317 e. The van der Waals surface area contributed by atoms with E-state index in [1.807, 2.05) is 18.2 Å². The molecule has 0 heterocycles. The van der Waals surface area contributed by atoms with E-state index in [0.717, 1.165) is 29.9 Å². The van der Waals surface area contributed by atoms with E-state index in [1.165, 1.54) is 116 Å². The fourth-order valence-corrected chi connectivity index (χ4v) is 5.15. The number of carbonyl (C=O) groups is 2. The zero-order valence-corrected chi connectivity index (χ0v) is 29.2.